The molecule has 29 heteroatoms. The molecule has 0 amide bonds. The maximum Gasteiger partial charge on any atom is 1.00 e. The average Bonchev–Trinajstić information content (AvgIpc) is 4.20. The Balaban J connectivity index is -0.0000000985. The first-order valence-corrected chi connectivity index (χ1v) is 25.8. The van der Waals surface area contributed by atoms with Crippen LogP contribution in [0.3, 0.4) is 0 Å². The van der Waals surface area contributed by atoms with Crippen molar-refractivity contribution in [3.05, 3.63) is 109 Å². The van der Waals surface area contributed by atoms with E-state index in [0.717, 1.165) is 23.6 Å². The van der Waals surface area contributed by atoms with E-state index in [2.05, 4.69) is 156 Å². The molecule has 0 aliphatic rings. The second-order valence-corrected chi connectivity index (χ2v) is 21.5. The molecule has 414 valence electrons. The smallest absolute Gasteiger partial charge is 1.00 e. The number of halogens is 2. The van der Waals surface area contributed by atoms with Crippen molar-refractivity contribution in [1.82, 2.24) is 59.1 Å². The minimum absolute atomic E-state index is 0. The van der Waals surface area contributed by atoms with Gasteiger partial charge in [0.25, 0.3) is 6.47 Å². The Hall–Kier alpha value is -3.52. The van der Waals surface area contributed by atoms with E-state index in [1.54, 1.807) is 16.9 Å². The first-order chi connectivity index (χ1) is 33.8. The summed E-state index contributed by atoms with van der Waals surface area (Å²) in [4.78, 5) is 30.2. The van der Waals surface area contributed by atoms with Gasteiger partial charge in [-0.3, -0.25) is 27.9 Å². The third-order valence-electron chi connectivity index (χ3n) is 7.28. The molecular formula is C46H81FIK2N15O9Si. The van der Waals surface area contributed by atoms with Crippen LogP contribution in [0.1, 0.15) is 128 Å². The van der Waals surface area contributed by atoms with Crippen molar-refractivity contribution in [2.45, 2.75) is 134 Å². The Kier molecular flexibility index (Phi) is 59.8. The van der Waals surface area contributed by atoms with Crippen LogP contribution in [0.4, 0.5) is 21.8 Å². The second kappa shape index (κ2) is 52.5. The van der Waals surface area contributed by atoms with E-state index in [1.807, 2.05) is 75.6 Å². The summed E-state index contributed by atoms with van der Waals surface area (Å²) in [6.45, 7) is 27.1. The van der Waals surface area contributed by atoms with E-state index >= 15 is 0 Å². The molecule has 0 radical (unpaired) electrons. The summed E-state index contributed by atoms with van der Waals surface area (Å²) in [6, 6.07) is 12.1. The zero-order valence-corrected chi connectivity index (χ0v) is 54.5. The van der Waals surface area contributed by atoms with Crippen molar-refractivity contribution >= 4 is 54.6 Å². The molecule has 6 aromatic heterocycles. The molecule has 5 N–H and O–H groups in total. The van der Waals surface area contributed by atoms with Gasteiger partial charge in [-0.25, -0.2) is 0 Å². The topological polar surface area (TPSA) is 320 Å². The van der Waals surface area contributed by atoms with E-state index in [9.17, 15) is 24.6 Å². The van der Waals surface area contributed by atoms with E-state index in [1.165, 1.54) is 18.3 Å². The number of H-pyrrole nitrogens is 1. The third-order valence-corrected chi connectivity index (χ3v) is 8.73. The average molecular weight is 1240 g/mol. The quantitative estimate of drug-likeness (QED) is 0.0324. The number of aromatic nitrogens is 12. The minimum atomic E-state index is -1.27. The summed E-state index contributed by atoms with van der Waals surface area (Å²) >= 11 is 2.20. The van der Waals surface area contributed by atoms with Crippen molar-refractivity contribution in [2.24, 2.45) is 0 Å². The Morgan fingerprint density at radius 2 is 1.12 bits per heavy atom. The van der Waals surface area contributed by atoms with Crippen LogP contribution in [0.15, 0.2) is 73.6 Å². The molecule has 6 aromatic rings. The van der Waals surface area contributed by atoms with Gasteiger partial charge in [0.05, 0.1) is 44.2 Å². The number of carbonyl (C=O) groups excluding carboxylic acids is 1. The van der Waals surface area contributed by atoms with Gasteiger partial charge in [0, 0.05) is 63.2 Å². The van der Waals surface area contributed by atoms with Crippen LogP contribution in [0.25, 0.3) is 0 Å². The number of terminal acetylenes is 1. The number of hydrogen-bond acceptors (Lipinski definition) is 16. The molecule has 0 bridgehead atoms. The van der Waals surface area contributed by atoms with Gasteiger partial charge < -0.3 is 47.7 Å². The van der Waals surface area contributed by atoms with Crippen molar-refractivity contribution < 1.29 is 145 Å². The van der Waals surface area contributed by atoms with Crippen LogP contribution in [0.2, 0.25) is 19.6 Å². The van der Waals surface area contributed by atoms with Crippen LogP contribution >= 0.6 is 22.6 Å². The number of nitro groups is 2. The molecule has 0 aliphatic carbocycles. The number of nitrogens with zero attached hydrogens (tertiary/aromatic N) is 13. The molecule has 0 atom stereocenters. The van der Waals surface area contributed by atoms with Crippen LogP contribution in [0.5, 0.6) is 0 Å². The zero-order chi connectivity index (χ0) is 56.6. The first kappa shape index (κ1) is 85.4. The Morgan fingerprint density at radius 1 is 0.747 bits per heavy atom. The number of aliphatic hydroxyl groups is 2. The number of nitrogens with two attached hydrogens (primary N) is 1. The molecule has 0 unspecified atom stereocenters. The van der Waals surface area contributed by atoms with Gasteiger partial charge in [0.1, 0.15) is 29.0 Å². The van der Waals surface area contributed by atoms with Gasteiger partial charge in [-0.2, -0.15) is 25.1 Å². The normalized spacial score (nSPS) is 9.15. The van der Waals surface area contributed by atoms with E-state index in [-0.39, 0.29) is 143 Å². The molecule has 24 nitrogen and oxygen atoms in total. The van der Waals surface area contributed by atoms with Gasteiger partial charge in [-0.05, 0) is 132 Å². The van der Waals surface area contributed by atoms with Crippen molar-refractivity contribution in [2.75, 3.05) is 27.1 Å². The number of aromatic amines is 1. The standard InChI is InChI=1S/C11H18N2Si.C8H10N2.C6H9IN2.C6H9N3O2.C6H11N3.C3H3N3O2.CH3F.CH2O3.2CH4O.2CH4.2K.H/c1-10(2)13-8-6-11(12-13)7-9-14(3,4)5;1-4-8-5-6-10(9-8)7(2)3;1-5(2)9-4-3-6(7)8-9;1-5(2)8-4-3-6(7-8)9(10)11;1-5(2)9-4-3-6(7)8-9;7-6(8)3-1-2-4-5-3;1-2;2-1-4-3;2*1-2;;;;;/h6,8,10H,1-5H3;1,5-7H,2-3H3;3-5H,1-2H3;3-5H,1-2H3;3-5H,1-2H3,(H2,7,8);1-2H,(H,4,5);1H3;1,3H;2*2H,1H3;2*1H4;;;/q;;;;;;;;;;;;2*+1;-1/p-1/i;;;;;;1D;;;;;;;;. The monoisotopic (exact) mass is 1240 g/mol. The molecule has 6 heterocycles. The summed E-state index contributed by atoms with van der Waals surface area (Å²) in [6.07, 6.45) is 15.8. The van der Waals surface area contributed by atoms with Gasteiger partial charge in [-0.15, -0.1) is 17.1 Å². The molecule has 0 spiro atoms. The maximum atomic E-state index is 10.2. The SMILES string of the molecule is C.C.C#Cc1ccn(C(C)C)n1.CC(C)n1ccc(C#C[Si](C)(C)C)n1.CC(C)n1ccc(I)n1.CC(C)n1ccc(N)n1.CC(C)n1ccc([N+](=O)[O-])n1.CO.CO.O=CO[O-].O=[N+]([O-])c1ccn[nH]1.[2H]CF.[H-].[K+].[K+]. The maximum absolute atomic E-state index is 10.2. The number of nitrogen functional groups attached to an aromatic ring is 1. The zero-order valence-electron chi connectivity index (χ0n) is 47.1. The molecule has 0 saturated carbocycles. The van der Waals surface area contributed by atoms with Gasteiger partial charge in [0.2, 0.25) is 0 Å². The summed E-state index contributed by atoms with van der Waals surface area (Å²) in [5.74, 6) is 6.02. The Labute approximate surface area is 545 Å². The van der Waals surface area contributed by atoms with Crippen molar-refractivity contribution in [1.29, 1.82) is 0 Å². The fourth-order valence-corrected chi connectivity index (χ4v) is 4.87. The second-order valence-electron chi connectivity index (χ2n) is 15.6. The van der Waals surface area contributed by atoms with Crippen LogP contribution < -0.4 is 114 Å². The summed E-state index contributed by atoms with van der Waals surface area (Å²) in [5, 5.41) is 68.4. The predicted octanol–water partition coefficient (Wildman–Crippen LogP) is 2.57. The number of rotatable bonds is 8. The minimum Gasteiger partial charge on any atom is -1.00 e. The van der Waals surface area contributed by atoms with Crippen LogP contribution in [-0.4, -0.2) is 115 Å². The summed E-state index contributed by atoms with van der Waals surface area (Å²) in [7, 11) is -0.268. The fourth-order valence-electron chi connectivity index (χ4n) is 3.95. The molecule has 0 fully saturated rings. The molecule has 0 aliphatic heterocycles. The largest absolute Gasteiger partial charge is 1.00 e. The van der Waals surface area contributed by atoms with E-state index < -0.39 is 25.1 Å². The number of anilines is 1. The van der Waals surface area contributed by atoms with Gasteiger partial charge in [0.15, 0.2) is 0 Å². The van der Waals surface area contributed by atoms with Gasteiger partial charge >= 0.3 is 114 Å². The van der Waals surface area contributed by atoms with Crippen molar-refractivity contribution in [3.63, 3.8) is 0 Å². The number of carbonyl (C=O) groups is 1. The van der Waals surface area contributed by atoms with E-state index in [0.29, 0.717) is 35.7 Å². The molecule has 6 rings (SSSR count). The number of nitrogens with one attached hydrogen (secondary N) is 1. The fraction of sp³-hybridized carbons (Fsp3) is 0.500. The summed E-state index contributed by atoms with van der Waals surface area (Å²) < 4.78 is 25.7. The van der Waals surface area contributed by atoms with Crippen molar-refractivity contribution in [3.8, 4) is 23.8 Å². The number of aliphatic hydroxyl groups excluding tert-OH is 2. The predicted molar refractivity (Wildman–Crippen MR) is 295 cm³/mol. The Bertz CT molecular complexity index is 2370. The number of alkyl halides is 1. The van der Waals surface area contributed by atoms with Crippen LogP contribution in [-0.2, 0) is 9.68 Å². The molecule has 0 aromatic carbocycles. The molecular weight excluding hydrogens is 1160 g/mol. The third kappa shape index (κ3) is 45.2. The molecule has 0 saturated heterocycles. The van der Waals surface area contributed by atoms with Crippen LogP contribution in [0, 0.1) is 47.7 Å². The van der Waals surface area contributed by atoms with Gasteiger partial charge in [-0.1, -0.05) is 45.5 Å². The van der Waals surface area contributed by atoms with E-state index in [4.69, 9.17) is 33.8 Å². The number of hydrogen-bond donors (Lipinski definition) is 4. The first-order valence-electron chi connectivity index (χ1n) is 21.9. The summed E-state index contributed by atoms with van der Waals surface area (Å²) in [5.41, 5.74) is 10.3. The Morgan fingerprint density at radius 3 is 1.35 bits per heavy atom. The molecule has 75 heavy (non-hydrogen) atoms.